The van der Waals surface area contributed by atoms with Crippen LogP contribution >= 0.6 is 35.1 Å². The molecule has 0 radical (unpaired) electrons. The first kappa shape index (κ1) is 9.75. The standard InChI is InChI=1S/C10H11ClS2/c11-8-1-3-9(4-2-8)13-10-5-6-12-7-10/h1-4,10H,5-7H2/t10-/m1/s1. The smallest absolute Gasteiger partial charge is 0.0406 e. The molecule has 1 fully saturated rings. The van der Waals surface area contributed by atoms with Crippen molar-refractivity contribution >= 4 is 35.1 Å². The van der Waals surface area contributed by atoms with Crippen molar-refractivity contribution in [1.82, 2.24) is 0 Å². The number of benzene rings is 1. The van der Waals surface area contributed by atoms with Crippen LogP contribution in [-0.2, 0) is 0 Å². The van der Waals surface area contributed by atoms with E-state index >= 15 is 0 Å². The topological polar surface area (TPSA) is 0 Å². The minimum atomic E-state index is 0.811. The Balaban J connectivity index is 1.97. The van der Waals surface area contributed by atoms with Crippen LogP contribution < -0.4 is 0 Å². The average molecular weight is 231 g/mol. The lowest BCUT2D eigenvalue weighted by atomic mass is 10.4. The number of hydrogen-bond donors (Lipinski definition) is 0. The Morgan fingerprint density at radius 2 is 2.08 bits per heavy atom. The van der Waals surface area contributed by atoms with Gasteiger partial charge in [-0.15, -0.1) is 11.8 Å². The molecule has 0 N–H and O–H groups in total. The lowest BCUT2D eigenvalue weighted by molar-refractivity contribution is 0.969. The SMILES string of the molecule is Clc1ccc(S[C@@H]2CCSC2)cc1. The van der Waals surface area contributed by atoms with Gasteiger partial charge in [0.2, 0.25) is 0 Å². The fourth-order valence-corrected chi connectivity index (χ4v) is 4.11. The Kier molecular flexibility index (Phi) is 3.47. The molecule has 0 spiro atoms. The second kappa shape index (κ2) is 4.63. The summed E-state index contributed by atoms with van der Waals surface area (Å²) >= 11 is 9.85. The molecule has 1 saturated heterocycles. The van der Waals surface area contributed by atoms with Crippen molar-refractivity contribution in [1.29, 1.82) is 0 Å². The number of halogens is 1. The van der Waals surface area contributed by atoms with Gasteiger partial charge in [0.1, 0.15) is 0 Å². The van der Waals surface area contributed by atoms with Crippen LogP contribution in [0.1, 0.15) is 6.42 Å². The molecular weight excluding hydrogens is 220 g/mol. The summed E-state index contributed by atoms with van der Waals surface area (Å²) in [7, 11) is 0. The monoisotopic (exact) mass is 230 g/mol. The summed E-state index contributed by atoms with van der Waals surface area (Å²) in [6.07, 6.45) is 1.35. The molecule has 1 heterocycles. The summed E-state index contributed by atoms with van der Waals surface area (Å²) in [5, 5.41) is 1.64. The van der Waals surface area contributed by atoms with E-state index in [1.165, 1.54) is 22.8 Å². The van der Waals surface area contributed by atoms with Crippen molar-refractivity contribution in [3.63, 3.8) is 0 Å². The molecule has 1 aromatic rings. The van der Waals surface area contributed by atoms with Crippen LogP contribution in [0.5, 0.6) is 0 Å². The van der Waals surface area contributed by atoms with Crippen LogP contribution in [0.2, 0.25) is 5.02 Å². The van der Waals surface area contributed by atoms with Crippen molar-refractivity contribution in [2.45, 2.75) is 16.6 Å². The molecule has 0 aromatic heterocycles. The Labute approximate surface area is 92.4 Å². The molecule has 1 atom stereocenters. The highest BCUT2D eigenvalue weighted by molar-refractivity contribution is 8.04. The quantitative estimate of drug-likeness (QED) is 0.755. The first-order valence-electron chi connectivity index (χ1n) is 4.34. The molecule has 0 nitrogen and oxygen atoms in total. The van der Waals surface area contributed by atoms with Crippen LogP contribution in [0, 0.1) is 0 Å². The van der Waals surface area contributed by atoms with E-state index < -0.39 is 0 Å². The van der Waals surface area contributed by atoms with Crippen molar-refractivity contribution in [3.8, 4) is 0 Å². The highest BCUT2D eigenvalue weighted by Crippen LogP contribution is 2.33. The predicted molar refractivity (Wildman–Crippen MR) is 63.0 cm³/mol. The lowest BCUT2D eigenvalue weighted by Gasteiger charge is -2.07. The van der Waals surface area contributed by atoms with Gasteiger partial charge in [-0.25, -0.2) is 0 Å². The van der Waals surface area contributed by atoms with Gasteiger partial charge in [-0.2, -0.15) is 11.8 Å². The normalized spacial score (nSPS) is 22.1. The van der Waals surface area contributed by atoms with Crippen molar-refractivity contribution < 1.29 is 0 Å². The first-order valence-corrected chi connectivity index (χ1v) is 6.76. The van der Waals surface area contributed by atoms with E-state index in [1.54, 1.807) is 0 Å². The van der Waals surface area contributed by atoms with Gasteiger partial charge in [-0.3, -0.25) is 0 Å². The number of rotatable bonds is 2. The summed E-state index contributed by atoms with van der Waals surface area (Å²) in [5.41, 5.74) is 0. The predicted octanol–water partition coefficient (Wildman–Crippen LogP) is 3.94. The molecule has 0 aliphatic carbocycles. The van der Waals surface area contributed by atoms with Crippen molar-refractivity contribution in [3.05, 3.63) is 29.3 Å². The minimum absolute atomic E-state index is 0.811. The van der Waals surface area contributed by atoms with Crippen LogP contribution in [0.4, 0.5) is 0 Å². The highest BCUT2D eigenvalue weighted by Gasteiger charge is 2.16. The molecule has 1 aromatic carbocycles. The summed E-state index contributed by atoms with van der Waals surface area (Å²) in [6.45, 7) is 0. The van der Waals surface area contributed by atoms with Gasteiger partial charge in [0.25, 0.3) is 0 Å². The van der Waals surface area contributed by atoms with E-state index in [2.05, 4.69) is 23.9 Å². The van der Waals surface area contributed by atoms with Crippen LogP contribution in [-0.4, -0.2) is 16.8 Å². The fourth-order valence-electron chi connectivity index (χ4n) is 1.31. The van der Waals surface area contributed by atoms with Gasteiger partial charge in [-0.05, 0) is 36.4 Å². The lowest BCUT2D eigenvalue weighted by Crippen LogP contribution is -1.97. The van der Waals surface area contributed by atoms with Gasteiger partial charge in [0, 0.05) is 20.9 Å². The van der Waals surface area contributed by atoms with Crippen molar-refractivity contribution in [2.75, 3.05) is 11.5 Å². The molecule has 13 heavy (non-hydrogen) atoms. The zero-order valence-electron chi connectivity index (χ0n) is 7.20. The second-order valence-electron chi connectivity index (χ2n) is 3.06. The third kappa shape index (κ3) is 2.83. The second-order valence-corrected chi connectivity index (χ2v) is 6.02. The molecule has 2 rings (SSSR count). The Morgan fingerprint density at radius 3 is 2.69 bits per heavy atom. The van der Waals surface area contributed by atoms with Gasteiger partial charge < -0.3 is 0 Å². The maximum atomic E-state index is 5.81. The maximum absolute atomic E-state index is 5.81. The maximum Gasteiger partial charge on any atom is 0.0406 e. The fraction of sp³-hybridized carbons (Fsp3) is 0.400. The van der Waals surface area contributed by atoms with Crippen LogP contribution in [0.3, 0.4) is 0 Å². The van der Waals surface area contributed by atoms with Gasteiger partial charge in [-0.1, -0.05) is 11.6 Å². The van der Waals surface area contributed by atoms with Crippen LogP contribution in [0.25, 0.3) is 0 Å². The summed E-state index contributed by atoms with van der Waals surface area (Å²) in [6, 6.07) is 8.14. The van der Waals surface area contributed by atoms with E-state index in [0.717, 1.165) is 10.3 Å². The zero-order chi connectivity index (χ0) is 9.10. The largest absolute Gasteiger partial charge is 0.161 e. The minimum Gasteiger partial charge on any atom is -0.161 e. The molecule has 0 unspecified atom stereocenters. The van der Waals surface area contributed by atoms with Crippen LogP contribution in [0.15, 0.2) is 29.2 Å². The molecule has 1 aliphatic heterocycles. The molecule has 70 valence electrons. The van der Waals surface area contributed by atoms with E-state index in [-0.39, 0.29) is 0 Å². The molecule has 3 heteroatoms. The van der Waals surface area contributed by atoms with Crippen molar-refractivity contribution in [2.24, 2.45) is 0 Å². The van der Waals surface area contributed by atoms with E-state index in [4.69, 9.17) is 11.6 Å². The number of hydrogen-bond acceptors (Lipinski definition) is 2. The summed E-state index contributed by atoms with van der Waals surface area (Å²) < 4.78 is 0. The Bertz CT molecular complexity index is 265. The molecule has 1 aliphatic rings. The average Bonchev–Trinajstić information content (AvgIpc) is 2.62. The third-order valence-electron chi connectivity index (χ3n) is 2.00. The van der Waals surface area contributed by atoms with E-state index in [0.29, 0.717) is 0 Å². The van der Waals surface area contributed by atoms with Gasteiger partial charge >= 0.3 is 0 Å². The first-order chi connectivity index (χ1) is 6.34. The molecule has 0 saturated carbocycles. The van der Waals surface area contributed by atoms with E-state index in [9.17, 15) is 0 Å². The zero-order valence-corrected chi connectivity index (χ0v) is 9.59. The number of thioether (sulfide) groups is 2. The van der Waals surface area contributed by atoms with Gasteiger partial charge in [0.15, 0.2) is 0 Å². The Morgan fingerprint density at radius 1 is 1.31 bits per heavy atom. The highest BCUT2D eigenvalue weighted by atomic mass is 35.5. The van der Waals surface area contributed by atoms with Gasteiger partial charge in [0.05, 0.1) is 0 Å². The summed E-state index contributed by atoms with van der Waals surface area (Å²) in [5.74, 6) is 2.62. The Hall–Kier alpha value is 0.210. The molecule has 0 bridgehead atoms. The summed E-state index contributed by atoms with van der Waals surface area (Å²) in [4.78, 5) is 1.34. The molecule has 0 amide bonds. The molecular formula is C10H11ClS2. The third-order valence-corrected chi connectivity index (χ3v) is 4.91. The van der Waals surface area contributed by atoms with E-state index in [1.807, 2.05) is 23.9 Å².